The van der Waals surface area contributed by atoms with Crippen LogP contribution in [0.15, 0.2) is 109 Å². The maximum atomic E-state index is 5.88. The number of hydrogen-bond acceptors (Lipinski definition) is 2. The highest BCUT2D eigenvalue weighted by molar-refractivity contribution is 7.89. The van der Waals surface area contributed by atoms with Crippen LogP contribution in [-0.4, -0.2) is 19.6 Å². The number of rotatable bonds is 9. The zero-order valence-electron chi connectivity index (χ0n) is 19.4. The molecule has 4 heteroatoms. The topological polar surface area (TPSA) is 18.5 Å². The van der Waals surface area contributed by atoms with Crippen molar-refractivity contribution in [1.82, 2.24) is 0 Å². The molecule has 2 unspecified atom stereocenters. The highest BCUT2D eigenvalue weighted by atomic mass is 31.2. The number of ether oxygens (including phenoxy) is 2. The van der Waals surface area contributed by atoms with Gasteiger partial charge in [0, 0.05) is 16.0 Å². The Bertz CT molecular complexity index is 1060. The standard InChI is InChI=1S/C29H30O2P2/c1-4-29(32(23-15-7-5-8-16-23)27-21-13-11-19-25(27)30-2)33(24-17-9-6-10-18-24)28-22-14-12-20-26(28)31-3/h5-22,29H,4H2,1-3H3. The van der Waals surface area contributed by atoms with Gasteiger partial charge in [0.2, 0.25) is 0 Å². The summed E-state index contributed by atoms with van der Waals surface area (Å²) in [5.41, 5.74) is 0. The molecule has 4 rings (SSSR count). The van der Waals surface area contributed by atoms with Gasteiger partial charge in [-0.1, -0.05) is 104 Å². The SMILES string of the molecule is CCC(P(c1ccccc1)c1ccccc1OC)P(c1ccccc1)c1ccccc1OC. The van der Waals surface area contributed by atoms with Crippen LogP contribution in [0.4, 0.5) is 0 Å². The van der Waals surface area contributed by atoms with Gasteiger partial charge in [0.05, 0.1) is 14.2 Å². The highest BCUT2D eigenvalue weighted by Gasteiger charge is 2.35. The van der Waals surface area contributed by atoms with Gasteiger partial charge in [0.25, 0.3) is 0 Å². The molecule has 0 aliphatic carbocycles. The number of hydrogen-bond donors (Lipinski definition) is 0. The summed E-state index contributed by atoms with van der Waals surface area (Å²) in [6, 6.07) is 39.0. The molecule has 0 saturated carbocycles. The summed E-state index contributed by atoms with van der Waals surface area (Å²) >= 11 is 0. The van der Waals surface area contributed by atoms with Crippen molar-refractivity contribution in [2.45, 2.75) is 18.7 Å². The predicted molar refractivity (Wildman–Crippen MR) is 145 cm³/mol. The van der Waals surface area contributed by atoms with Crippen LogP contribution in [0.25, 0.3) is 0 Å². The third kappa shape index (κ3) is 5.14. The molecule has 0 N–H and O–H groups in total. The maximum Gasteiger partial charge on any atom is 0.126 e. The molecule has 0 bridgehead atoms. The molecule has 0 aromatic heterocycles. The third-order valence-corrected chi connectivity index (χ3v) is 12.5. The van der Waals surface area contributed by atoms with Crippen LogP contribution in [0.5, 0.6) is 11.5 Å². The maximum absolute atomic E-state index is 5.88. The van der Waals surface area contributed by atoms with E-state index < -0.39 is 15.8 Å². The molecule has 0 spiro atoms. The quantitative estimate of drug-likeness (QED) is 0.278. The molecule has 33 heavy (non-hydrogen) atoms. The van der Waals surface area contributed by atoms with Crippen LogP contribution >= 0.6 is 15.8 Å². The van der Waals surface area contributed by atoms with E-state index in [-0.39, 0.29) is 0 Å². The largest absolute Gasteiger partial charge is 0.496 e. The second-order valence-electron chi connectivity index (χ2n) is 7.64. The van der Waals surface area contributed by atoms with E-state index >= 15 is 0 Å². The van der Waals surface area contributed by atoms with E-state index in [4.69, 9.17) is 9.47 Å². The molecule has 2 atom stereocenters. The minimum atomic E-state index is -0.697. The first-order valence-electron chi connectivity index (χ1n) is 11.2. The Balaban J connectivity index is 1.96. The minimum absolute atomic E-state index is 0.410. The lowest BCUT2D eigenvalue weighted by molar-refractivity contribution is 0.418. The van der Waals surface area contributed by atoms with E-state index in [1.165, 1.54) is 21.2 Å². The van der Waals surface area contributed by atoms with Gasteiger partial charge in [0.15, 0.2) is 0 Å². The monoisotopic (exact) mass is 472 g/mol. The van der Waals surface area contributed by atoms with Gasteiger partial charge >= 0.3 is 0 Å². The molecule has 0 fully saturated rings. The second-order valence-corrected chi connectivity index (χ2v) is 12.8. The zero-order chi connectivity index (χ0) is 23.0. The van der Waals surface area contributed by atoms with Crippen molar-refractivity contribution in [1.29, 1.82) is 0 Å². The number of methoxy groups -OCH3 is 2. The molecule has 0 heterocycles. The molecule has 4 aromatic carbocycles. The summed E-state index contributed by atoms with van der Waals surface area (Å²) in [6.07, 6.45) is 1.05. The van der Waals surface area contributed by atoms with Gasteiger partial charge in [-0.2, -0.15) is 0 Å². The molecule has 168 valence electrons. The Kier molecular flexibility index (Phi) is 8.16. The van der Waals surface area contributed by atoms with E-state index in [0.717, 1.165) is 17.9 Å². The van der Waals surface area contributed by atoms with Crippen LogP contribution in [-0.2, 0) is 0 Å². The Morgan fingerprint density at radius 3 is 1.27 bits per heavy atom. The molecule has 0 aliphatic heterocycles. The fourth-order valence-corrected chi connectivity index (χ4v) is 11.6. The summed E-state index contributed by atoms with van der Waals surface area (Å²) in [5.74, 6) is 1.93. The second kappa shape index (κ2) is 11.5. The lowest BCUT2D eigenvalue weighted by atomic mass is 10.3. The van der Waals surface area contributed by atoms with Crippen LogP contribution in [0.3, 0.4) is 0 Å². The first-order valence-corrected chi connectivity index (χ1v) is 14.0. The van der Waals surface area contributed by atoms with Gasteiger partial charge in [-0.3, -0.25) is 0 Å². The molecule has 0 saturated heterocycles. The average molecular weight is 473 g/mol. The molecule has 2 nitrogen and oxygen atoms in total. The Labute approximate surface area is 200 Å². The van der Waals surface area contributed by atoms with Crippen LogP contribution in [0.1, 0.15) is 13.3 Å². The van der Waals surface area contributed by atoms with Gasteiger partial charge in [-0.25, -0.2) is 0 Å². The Morgan fingerprint density at radius 1 is 0.545 bits per heavy atom. The molecule has 4 aromatic rings. The van der Waals surface area contributed by atoms with Gasteiger partial charge in [-0.05, 0) is 45.0 Å². The summed E-state index contributed by atoms with van der Waals surface area (Å²) in [4.78, 5) is 0. The zero-order valence-corrected chi connectivity index (χ0v) is 21.2. The van der Waals surface area contributed by atoms with Crippen molar-refractivity contribution >= 4 is 37.1 Å². The smallest absolute Gasteiger partial charge is 0.126 e. The number of benzene rings is 4. The number of para-hydroxylation sites is 2. The summed E-state index contributed by atoms with van der Waals surface area (Å²) in [5, 5.41) is 5.76. The molecule has 0 amide bonds. The fraction of sp³-hybridized carbons (Fsp3) is 0.172. The fourth-order valence-electron chi connectivity index (χ4n) is 4.26. The van der Waals surface area contributed by atoms with Crippen LogP contribution in [0, 0.1) is 0 Å². The summed E-state index contributed by atoms with van der Waals surface area (Å²) < 4.78 is 11.8. The van der Waals surface area contributed by atoms with E-state index in [1.54, 1.807) is 14.2 Å². The van der Waals surface area contributed by atoms with E-state index in [9.17, 15) is 0 Å². The molecular weight excluding hydrogens is 442 g/mol. The van der Waals surface area contributed by atoms with Gasteiger partial charge in [0.1, 0.15) is 11.5 Å². The van der Waals surface area contributed by atoms with Crippen molar-refractivity contribution < 1.29 is 9.47 Å². The van der Waals surface area contributed by atoms with E-state index in [0.29, 0.717) is 5.40 Å². The molecule has 0 aliphatic rings. The lowest BCUT2D eigenvalue weighted by Crippen LogP contribution is -2.28. The minimum Gasteiger partial charge on any atom is -0.496 e. The molecule has 0 radical (unpaired) electrons. The van der Waals surface area contributed by atoms with Gasteiger partial charge in [-0.15, -0.1) is 0 Å². The van der Waals surface area contributed by atoms with E-state index in [2.05, 4.69) is 116 Å². The summed E-state index contributed by atoms with van der Waals surface area (Å²) in [7, 11) is 2.16. The Hall–Kier alpha value is -2.66. The predicted octanol–water partition coefficient (Wildman–Crippen LogP) is 6.01. The van der Waals surface area contributed by atoms with Crippen molar-refractivity contribution in [2.75, 3.05) is 14.2 Å². The van der Waals surface area contributed by atoms with Crippen LogP contribution in [0.2, 0.25) is 0 Å². The highest BCUT2D eigenvalue weighted by Crippen LogP contribution is 2.59. The van der Waals surface area contributed by atoms with Crippen molar-refractivity contribution in [3.63, 3.8) is 0 Å². The van der Waals surface area contributed by atoms with E-state index in [1.807, 2.05) is 0 Å². The Morgan fingerprint density at radius 2 is 0.909 bits per heavy atom. The molecular formula is C29H30O2P2. The van der Waals surface area contributed by atoms with Crippen LogP contribution < -0.4 is 30.7 Å². The first kappa shape index (κ1) is 23.5. The third-order valence-electron chi connectivity index (χ3n) is 5.72. The average Bonchev–Trinajstić information content (AvgIpc) is 2.90. The first-order chi connectivity index (χ1) is 16.3. The van der Waals surface area contributed by atoms with Crippen molar-refractivity contribution in [2.24, 2.45) is 0 Å². The summed E-state index contributed by atoms with van der Waals surface area (Å²) in [6.45, 7) is 2.33. The van der Waals surface area contributed by atoms with Gasteiger partial charge < -0.3 is 9.47 Å². The van der Waals surface area contributed by atoms with Crippen molar-refractivity contribution in [3.05, 3.63) is 109 Å². The van der Waals surface area contributed by atoms with Crippen molar-refractivity contribution in [3.8, 4) is 11.5 Å². The normalized spacial score (nSPS) is 13.7. The lowest BCUT2D eigenvalue weighted by Gasteiger charge is -2.36.